The second-order valence-electron chi connectivity index (χ2n) is 5.62. The maximum Gasteiger partial charge on any atom is 0.257 e. The maximum absolute atomic E-state index is 12.2. The number of hydrogen-bond acceptors (Lipinski definition) is 3. The van der Waals surface area contributed by atoms with E-state index in [0.717, 1.165) is 28.1 Å². The predicted octanol–water partition coefficient (Wildman–Crippen LogP) is 4.47. The van der Waals surface area contributed by atoms with E-state index in [-0.39, 0.29) is 5.91 Å². The van der Waals surface area contributed by atoms with Crippen LogP contribution in [0.1, 0.15) is 29.8 Å². The quantitative estimate of drug-likeness (QED) is 0.825. The number of halogens is 1. The van der Waals surface area contributed by atoms with E-state index in [1.54, 1.807) is 12.3 Å². The van der Waals surface area contributed by atoms with Gasteiger partial charge in [0.05, 0.1) is 5.56 Å². The minimum absolute atomic E-state index is 0.159. The van der Waals surface area contributed by atoms with Crippen molar-refractivity contribution >= 4 is 33.3 Å². The molecule has 1 aromatic carbocycles. The Morgan fingerprint density at radius 3 is 2.64 bits per heavy atom. The molecule has 22 heavy (non-hydrogen) atoms. The molecular formula is C17H20BrN3O. The van der Waals surface area contributed by atoms with Gasteiger partial charge < -0.3 is 10.6 Å². The summed E-state index contributed by atoms with van der Waals surface area (Å²) in [6, 6.07) is 9.35. The SMILES string of the molecule is Cc1cc(Br)ccc1NC(=O)c1ccc(NCC(C)C)nc1. The van der Waals surface area contributed by atoms with Gasteiger partial charge in [0.25, 0.3) is 5.91 Å². The first-order valence-corrected chi connectivity index (χ1v) is 8.02. The minimum atomic E-state index is -0.159. The normalized spacial score (nSPS) is 10.6. The van der Waals surface area contributed by atoms with Crippen LogP contribution in [0.25, 0.3) is 0 Å². The van der Waals surface area contributed by atoms with Gasteiger partial charge in [0.2, 0.25) is 0 Å². The highest BCUT2D eigenvalue weighted by atomic mass is 79.9. The second-order valence-corrected chi connectivity index (χ2v) is 6.54. The molecule has 0 saturated heterocycles. The summed E-state index contributed by atoms with van der Waals surface area (Å²) in [5.74, 6) is 1.17. The average Bonchev–Trinajstić information content (AvgIpc) is 2.48. The zero-order valence-electron chi connectivity index (χ0n) is 13.0. The lowest BCUT2D eigenvalue weighted by Gasteiger charge is -2.10. The number of nitrogens with zero attached hydrogens (tertiary/aromatic N) is 1. The zero-order valence-corrected chi connectivity index (χ0v) is 14.6. The van der Waals surface area contributed by atoms with Crippen molar-refractivity contribution in [2.24, 2.45) is 5.92 Å². The number of aromatic nitrogens is 1. The van der Waals surface area contributed by atoms with Crippen LogP contribution in [-0.4, -0.2) is 17.4 Å². The molecule has 1 aromatic heterocycles. The van der Waals surface area contributed by atoms with E-state index in [9.17, 15) is 4.79 Å². The molecule has 0 radical (unpaired) electrons. The molecule has 0 aliphatic rings. The Morgan fingerprint density at radius 2 is 2.05 bits per heavy atom. The molecule has 0 saturated carbocycles. The number of aryl methyl sites for hydroxylation is 1. The van der Waals surface area contributed by atoms with Gasteiger partial charge in [-0.25, -0.2) is 4.98 Å². The monoisotopic (exact) mass is 361 g/mol. The van der Waals surface area contributed by atoms with Crippen LogP contribution < -0.4 is 10.6 Å². The Labute approximate surface area is 139 Å². The Hall–Kier alpha value is -1.88. The van der Waals surface area contributed by atoms with Crippen molar-refractivity contribution in [2.75, 3.05) is 17.2 Å². The first-order valence-electron chi connectivity index (χ1n) is 7.23. The fraction of sp³-hybridized carbons (Fsp3) is 0.294. The minimum Gasteiger partial charge on any atom is -0.370 e. The number of rotatable bonds is 5. The summed E-state index contributed by atoms with van der Waals surface area (Å²) < 4.78 is 0.991. The van der Waals surface area contributed by atoms with E-state index in [2.05, 4.69) is 45.4 Å². The Bertz CT molecular complexity index is 653. The van der Waals surface area contributed by atoms with Gasteiger partial charge in [-0.3, -0.25) is 4.79 Å². The van der Waals surface area contributed by atoms with Crippen LogP contribution in [-0.2, 0) is 0 Å². The lowest BCUT2D eigenvalue weighted by molar-refractivity contribution is 0.102. The zero-order chi connectivity index (χ0) is 16.1. The average molecular weight is 362 g/mol. The lowest BCUT2D eigenvalue weighted by Crippen LogP contribution is -2.14. The summed E-state index contributed by atoms with van der Waals surface area (Å²) in [6.07, 6.45) is 1.59. The highest BCUT2D eigenvalue weighted by Gasteiger charge is 2.08. The van der Waals surface area contributed by atoms with Crippen LogP contribution in [0.15, 0.2) is 41.0 Å². The summed E-state index contributed by atoms with van der Waals surface area (Å²) in [5.41, 5.74) is 2.35. The molecule has 0 aliphatic heterocycles. The van der Waals surface area contributed by atoms with Gasteiger partial charge in [-0.05, 0) is 48.7 Å². The maximum atomic E-state index is 12.2. The Balaban J connectivity index is 2.03. The van der Waals surface area contributed by atoms with Crippen LogP contribution in [0.3, 0.4) is 0 Å². The molecule has 1 heterocycles. The standard InChI is InChI=1S/C17H20BrN3O/c1-11(2)9-19-16-7-4-13(10-20-16)17(22)21-15-6-5-14(18)8-12(15)3/h4-8,10-11H,9H2,1-3H3,(H,19,20)(H,21,22). The molecule has 0 bridgehead atoms. The predicted molar refractivity (Wildman–Crippen MR) is 94.4 cm³/mol. The third-order valence-corrected chi connectivity index (χ3v) is 3.65. The van der Waals surface area contributed by atoms with E-state index in [4.69, 9.17) is 0 Å². The molecule has 1 amide bonds. The van der Waals surface area contributed by atoms with Crippen LogP contribution in [0.2, 0.25) is 0 Å². The molecule has 0 spiro atoms. The molecule has 0 atom stereocenters. The molecule has 0 fully saturated rings. The van der Waals surface area contributed by atoms with Crippen molar-refractivity contribution in [3.63, 3.8) is 0 Å². The van der Waals surface area contributed by atoms with Crippen molar-refractivity contribution in [1.82, 2.24) is 4.98 Å². The Kier molecular flexibility index (Phi) is 5.55. The number of pyridine rings is 1. The largest absolute Gasteiger partial charge is 0.370 e. The second kappa shape index (κ2) is 7.40. The number of anilines is 2. The summed E-state index contributed by atoms with van der Waals surface area (Å²) in [4.78, 5) is 16.5. The van der Waals surface area contributed by atoms with Gasteiger partial charge in [-0.15, -0.1) is 0 Å². The van der Waals surface area contributed by atoms with Gasteiger partial charge in [-0.2, -0.15) is 0 Å². The summed E-state index contributed by atoms with van der Waals surface area (Å²) in [5, 5.41) is 6.13. The fourth-order valence-corrected chi connectivity index (χ4v) is 2.38. The molecule has 0 unspecified atom stereocenters. The van der Waals surface area contributed by atoms with Crippen molar-refractivity contribution in [1.29, 1.82) is 0 Å². The lowest BCUT2D eigenvalue weighted by atomic mass is 10.2. The van der Waals surface area contributed by atoms with Crippen LogP contribution in [0.5, 0.6) is 0 Å². The van der Waals surface area contributed by atoms with E-state index >= 15 is 0 Å². The highest BCUT2D eigenvalue weighted by molar-refractivity contribution is 9.10. The molecule has 5 heteroatoms. The van der Waals surface area contributed by atoms with E-state index in [1.165, 1.54) is 0 Å². The van der Waals surface area contributed by atoms with E-state index in [0.29, 0.717) is 11.5 Å². The van der Waals surface area contributed by atoms with Crippen LogP contribution in [0.4, 0.5) is 11.5 Å². The van der Waals surface area contributed by atoms with Crippen molar-refractivity contribution < 1.29 is 4.79 Å². The van der Waals surface area contributed by atoms with Gasteiger partial charge in [0.1, 0.15) is 5.82 Å². The van der Waals surface area contributed by atoms with Crippen molar-refractivity contribution in [3.05, 3.63) is 52.1 Å². The molecule has 2 N–H and O–H groups in total. The number of amides is 1. The van der Waals surface area contributed by atoms with E-state index < -0.39 is 0 Å². The van der Waals surface area contributed by atoms with Gasteiger partial charge in [-0.1, -0.05) is 29.8 Å². The van der Waals surface area contributed by atoms with E-state index in [1.807, 2.05) is 31.2 Å². The number of nitrogens with one attached hydrogen (secondary N) is 2. The Morgan fingerprint density at radius 1 is 1.27 bits per heavy atom. The molecule has 4 nitrogen and oxygen atoms in total. The number of benzene rings is 1. The molecule has 0 aliphatic carbocycles. The van der Waals surface area contributed by atoms with Gasteiger partial charge in [0, 0.05) is 22.9 Å². The smallest absolute Gasteiger partial charge is 0.257 e. The number of hydrogen-bond donors (Lipinski definition) is 2. The molecule has 2 aromatic rings. The fourth-order valence-electron chi connectivity index (χ4n) is 1.90. The molecule has 2 rings (SSSR count). The number of carbonyl (C=O) groups is 1. The summed E-state index contributed by atoms with van der Waals surface area (Å²) >= 11 is 3.41. The third kappa shape index (κ3) is 4.56. The van der Waals surface area contributed by atoms with Crippen molar-refractivity contribution in [2.45, 2.75) is 20.8 Å². The van der Waals surface area contributed by atoms with Gasteiger partial charge >= 0.3 is 0 Å². The first-order chi connectivity index (χ1) is 10.5. The van der Waals surface area contributed by atoms with Crippen molar-refractivity contribution in [3.8, 4) is 0 Å². The molecule has 116 valence electrons. The van der Waals surface area contributed by atoms with Gasteiger partial charge in [0.15, 0.2) is 0 Å². The summed E-state index contributed by atoms with van der Waals surface area (Å²) in [7, 11) is 0. The highest BCUT2D eigenvalue weighted by Crippen LogP contribution is 2.20. The summed E-state index contributed by atoms with van der Waals surface area (Å²) in [6.45, 7) is 7.08. The molecular weight excluding hydrogens is 342 g/mol. The third-order valence-electron chi connectivity index (χ3n) is 3.15. The van der Waals surface area contributed by atoms with Crippen LogP contribution in [0, 0.1) is 12.8 Å². The number of carbonyl (C=O) groups excluding carboxylic acids is 1. The topological polar surface area (TPSA) is 54.0 Å². The van der Waals surface area contributed by atoms with Crippen LogP contribution >= 0.6 is 15.9 Å². The first kappa shape index (κ1) is 16.5.